The minimum Gasteiger partial charge on any atom is -0.467 e. The summed E-state index contributed by atoms with van der Waals surface area (Å²) in [5.74, 6) is 1.61. The molecule has 0 spiro atoms. The number of anilines is 1. The highest BCUT2D eigenvalue weighted by Crippen LogP contribution is 2.33. The van der Waals surface area contributed by atoms with Crippen molar-refractivity contribution in [1.29, 1.82) is 0 Å². The summed E-state index contributed by atoms with van der Waals surface area (Å²) in [7, 11) is 0. The molecule has 2 aliphatic rings. The second kappa shape index (κ2) is 6.60. The quantitative estimate of drug-likeness (QED) is 0.916. The highest BCUT2D eigenvalue weighted by molar-refractivity contribution is 5.80. The molecule has 2 aromatic rings. The number of carbonyl (C=O) groups is 1. The molecule has 7 nitrogen and oxygen atoms in total. The molecule has 24 heavy (non-hydrogen) atoms. The number of carbonyl (C=O) groups excluding carboxylic acids is 1. The topological polar surface area (TPSA) is 80.5 Å². The maximum absolute atomic E-state index is 12.3. The smallest absolute Gasteiger partial charge is 0.249 e. The molecule has 2 aliphatic heterocycles. The van der Waals surface area contributed by atoms with E-state index in [4.69, 9.17) is 9.15 Å². The van der Waals surface area contributed by atoms with Crippen LogP contribution in [0.4, 0.5) is 5.82 Å². The lowest BCUT2D eigenvalue weighted by molar-refractivity contribution is -0.141. The minimum atomic E-state index is -0.383. The van der Waals surface area contributed by atoms with Crippen LogP contribution >= 0.6 is 0 Å². The molecule has 126 valence electrons. The van der Waals surface area contributed by atoms with E-state index in [0.29, 0.717) is 13.0 Å². The highest BCUT2D eigenvalue weighted by Gasteiger charge is 2.42. The number of amides is 1. The van der Waals surface area contributed by atoms with Gasteiger partial charge in [-0.05, 0) is 37.5 Å². The summed E-state index contributed by atoms with van der Waals surface area (Å²) in [6.45, 7) is 1.29. The van der Waals surface area contributed by atoms with Crippen LogP contribution in [-0.4, -0.2) is 40.7 Å². The molecule has 0 unspecified atom stereocenters. The van der Waals surface area contributed by atoms with E-state index in [-0.39, 0.29) is 24.2 Å². The number of furan rings is 1. The summed E-state index contributed by atoms with van der Waals surface area (Å²) in [6.07, 6.45) is 7.17. The first-order valence-corrected chi connectivity index (χ1v) is 8.29. The average Bonchev–Trinajstić information content (AvgIpc) is 3.29. The molecule has 4 heterocycles. The number of nitrogens with one attached hydrogen (secondary N) is 1. The zero-order valence-corrected chi connectivity index (χ0v) is 13.3. The first-order chi connectivity index (χ1) is 11.8. The Morgan fingerprint density at radius 3 is 3.08 bits per heavy atom. The van der Waals surface area contributed by atoms with Crippen LogP contribution in [0, 0.1) is 0 Å². The molecule has 4 rings (SSSR count). The molecule has 2 fully saturated rings. The van der Waals surface area contributed by atoms with Crippen LogP contribution in [0.3, 0.4) is 0 Å². The minimum absolute atomic E-state index is 0.0645. The monoisotopic (exact) mass is 328 g/mol. The molecule has 1 amide bonds. The van der Waals surface area contributed by atoms with Crippen molar-refractivity contribution in [3.8, 4) is 0 Å². The third-order valence-corrected chi connectivity index (χ3v) is 4.72. The molecule has 3 atom stereocenters. The number of nitrogens with zero attached hydrogens (tertiary/aromatic N) is 3. The van der Waals surface area contributed by atoms with Crippen LogP contribution in [0.1, 0.15) is 25.0 Å². The Hall–Kier alpha value is -2.41. The molecule has 2 saturated heterocycles. The molecule has 7 heteroatoms. The van der Waals surface area contributed by atoms with Crippen molar-refractivity contribution in [1.82, 2.24) is 15.3 Å². The van der Waals surface area contributed by atoms with Crippen molar-refractivity contribution in [2.45, 2.75) is 44.1 Å². The van der Waals surface area contributed by atoms with E-state index in [1.54, 1.807) is 18.8 Å². The maximum Gasteiger partial charge on any atom is 0.249 e. The first kappa shape index (κ1) is 15.1. The van der Waals surface area contributed by atoms with Crippen LogP contribution < -0.4 is 10.2 Å². The van der Waals surface area contributed by atoms with Crippen LogP contribution in [0.5, 0.6) is 0 Å². The van der Waals surface area contributed by atoms with Gasteiger partial charge >= 0.3 is 0 Å². The summed E-state index contributed by atoms with van der Waals surface area (Å²) in [5.41, 5.74) is 0. The zero-order chi connectivity index (χ0) is 16.4. The predicted molar refractivity (Wildman–Crippen MR) is 86.2 cm³/mol. The Labute approximate surface area is 140 Å². The van der Waals surface area contributed by atoms with Crippen molar-refractivity contribution in [3.05, 3.63) is 42.7 Å². The third kappa shape index (κ3) is 2.99. The number of aromatic nitrogens is 2. The highest BCUT2D eigenvalue weighted by atomic mass is 16.5. The van der Waals surface area contributed by atoms with Crippen molar-refractivity contribution < 1.29 is 13.9 Å². The van der Waals surface area contributed by atoms with Crippen LogP contribution in [0.15, 0.2) is 41.4 Å². The Kier molecular flexibility index (Phi) is 4.17. The normalized spacial score (nSPS) is 26.2. The number of rotatable bonds is 4. The molecular formula is C17H20N4O3. The lowest BCUT2D eigenvalue weighted by Crippen LogP contribution is -2.47. The fourth-order valence-electron chi connectivity index (χ4n) is 3.56. The second-order valence-electron chi connectivity index (χ2n) is 6.15. The maximum atomic E-state index is 12.3. The van der Waals surface area contributed by atoms with Crippen molar-refractivity contribution in [2.24, 2.45) is 0 Å². The Bertz CT molecular complexity index is 676. The van der Waals surface area contributed by atoms with E-state index >= 15 is 0 Å². The summed E-state index contributed by atoms with van der Waals surface area (Å²) < 4.78 is 11.3. The van der Waals surface area contributed by atoms with Gasteiger partial charge in [-0.15, -0.1) is 0 Å². The number of fused-ring (bicyclic) bond motifs is 1. The SMILES string of the molecule is O=C(NCc1ccco1)[C@@H]1CC[C@@H]2[C@@H](CCN2c2ccncn2)O1. The van der Waals surface area contributed by atoms with Gasteiger partial charge in [0.15, 0.2) is 0 Å². The van der Waals surface area contributed by atoms with Gasteiger partial charge in [0.1, 0.15) is 24.0 Å². The van der Waals surface area contributed by atoms with E-state index in [1.807, 2.05) is 18.2 Å². The van der Waals surface area contributed by atoms with Crippen molar-refractivity contribution in [2.75, 3.05) is 11.4 Å². The van der Waals surface area contributed by atoms with Gasteiger partial charge < -0.3 is 19.4 Å². The third-order valence-electron chi connectivity index (χ3n) is 4.72. The van der Waals surface area contributed by atoms with Gasteiger partial charge in [-0.2, -0.15) is 0 Å². The fraction of sp³-hybridized carbons (Fsp3) is 0.471. The second-order valence-corrected chi connectivity index (χ2v) is 6.15. The molecule has 0 aromatic carbocycles. The van der Waals surface area contributed by atoms with Gasteiger partial charge in [-0.3, -0.25) is 4.79 Å². The van der Waals surface area contributed by atoms with Gasteiger partial charge in [0.2, 0.25) is 5.91 Å². The van der Waals surface area contributed by atoms with Gasteiger partial charge in [0.05, 0.1) is 25.0 Å². The van der Waals surface area contributed by atoms with E-state index in [1.165, 1.54) is 0 Å². The van der Waals surface area contributed by atoms with E-state index in [0.717, 1.165) is 31.0 Å². The van der Waals surface area contributed by atoms with Crippen LogP contribution in [-0.2, 0) is 16.1 Å². The average molecular weight is 328 g/mol. The molecule has 0 radical (unpaired) electrons. The molecular weight excluding hydrogens is 308 g/mol. The first-order valence-electron chi connectivity index (χ1n) is 8.29. The Morgan fingerprint density at radius 1 is 1.33 bits per heavy atom. The largest absolute Gasteiger partial charge is 0.467 e. The predicted octanol–water partition coefficient (Wildman–Crippen LogP) is 1.51. The van der Waals surface area contributed by atoms with Gasteiger partial charge in [0.25, 0.3) is 0 Å². The standard InChI is InChI=1S/C17H20N4O3/c22-17(19-10-12-2-1-9-23-12)15-4-3-13-14(24-15)6-8-21(13)16-5-7-18-11-20-16/h1-2,5,7,9,11,13-15H,3-4,6,8,10H2,(H,19,22)/t13-,14-,15+/m1/s1. The number of hydrogen-bond acceptors (Lipinski definition) is 6. The summed E-state index contributed by atoms with van der Waals surface area (Å²) in [4.78, 5) is 22.9. The lowest BCUT2D eigenvalue weighted by atomic mass is 9.98. The Morgan fingerprint density at radius 2 is 2.29 bits per heavy atom. The summed E-state index contributed by atoms with van der Waals surface area (Å²) in [5, 5.41) is 2.89. The number of hydrogen-bond donors (Lipinski definition) is 1. The van der Waals surface area contributed by atoms with E-state index in [2.05, 4.69) is 20.2 Å². The molecule has 0 bridgehead atoms. The van der Waals surface area contributed by atoms with Gasteiger partial charge in [-0.25, -0.2) is 9.97 Å². The molecule has 0 aliphatic carbocycles. The van der Waals surface area contributed by atoms with Crippen molar-refractivity contribution in [3.63, 3.8) is 0 Å². The van der Waals surface area contributed by atoms with Crippen LogP contribution in [0.2, 0.25) is 0 Å². The van der Waals surface area contributed by atoms with Crippen molar-refractivity contribution >= 4 is 11.7 Å². The van der Waals surface area contributed by atoms with Gasteiger partial charge in [0, 0.05) is 12.7 Å². The molecule has 0 saturated carbocycles. The fourth-order valence-corrected chi connectivity index (χ4v) is 3.56. The lowest BCUT2D eigenvalue weighted by Gasteiger charge is -2.35. The molecule has 2 aromatic heterocycles. The molecule has 1 N–H and O–H groups in total. The van der Waals surface area contributed by atoms with E-state index in [9.17, 15) is 4.79 Å². The van der Waals surface area contributed by atoms with Crippen LogP contribution in [0.25, 0.3) is 0 Å². The number of ether oxygens (including phenoxy) is 1. The Balaban J connectivity index is 1.34. The van der Waals surface area contributed by atoms with E-state index < -0.39 is 0 Å². The zero-order valence-electron chi connectivity index (χ0n) is 13.3. The summed E-state index contributed by atoms with van der Waals surface area (Å²) >= 11 is 0. The summed E-state index contributed by atoms with van der Waals surface area (Å²) in [6, 6.07) is 5.86. The van der Waals surface area contributed by atoms with Gasteiger partial charge in [-0.1, -0.05) is 0 Å².